The summed E-state index contributed by atoms with van der Waals surface area (Å²) in [5.41, 5.74) is 2.72. The number of likely N-dealkylation sites (tertiary alicyclic amines) is 1. The van der Waals surface area contributed by atoms with Gasteiger partial charge in [0.15, 0.2) is 0 Å². The molecule has 0 radical (unpaired) electrons. The maximum Gasteiger partial charge on any atom is 0.295 e. The molecule has 0 saturated carbocycles. The number of rotatable bonds is 9. The molecule has 1 aliphatic heterocycles. The van der Waals surface area contributed by atoms with Crippen LogP contribution >= 0.6 is 0 Å². The summed E-state index contributed by atoms with van der Waals surface area (Å²) in [6, 6.07) is 18.3. The molecule has 3 aromatic carbocycles. The zero-order valence-electron chi connectivity index (χ0n) is 21.8. The first kappa shape index (κ1) is 25.9. The molecule has 4 aromatic rings. The number of aromatic hydroxyl groups is 1. The lowest BCUT2D eigenvalue weighted by molar-refractivity contribution is -0.139. The van der Waals surface area contributed by atoms with Crippen molar-refractivity contribution in [3.63, 3.8) is 0 Å². The van der Waals surface area contributed by atoms with Crippen molar-refractivity contribution in [2.45, 2.75) is 26.3 Å². The Bertz CT molecular complexity index is 1570. The van der Waals surface area contributed by atoms with Gasteiger partial charge in [0.25, 0.3) is 11.7 Å². The largest absolute Gasteiger partial charge is 0.508 e. The van der Waals surface area contributed by atoms with E-state index in [2.05, 4.69) is 4.98 Å². The molecule has 39 heavy (non-hydrogen) atoms. The first-order valence-corrected chi connectivity index (χ1v) is 12.9. The highest BCUT2D eigenvalue weighted by Gasteiger charge is 2.46. The third kappa shape index (κ3) is 4.93. The number of aliphatic hydroxyl groups is 1. The number of H-pyrrole nitrogens is 1. The molecule has 2 heterocycles. The molecular weight excluding hydrogens is 496 g/mol. The minimum Gasteiger partial charge on any atom is -0.508 e. The van der Waals surface area contributed by atoms with Crippen LogP contribution in [0.25, 0.3) is 16.7 Å². The van der Waals surface area contributed by atoms with Gasteiger partial charge in [-0.2, -0.15) is 0 Å². The maximum absolute atomic E-state index is 13.5. The molecule has 5 rings (SSSR count). The molecule has 0 bridgehead atoms. The summed E-state index contributed by atoms with van der Waals surface area (Å²) in [4.78, 5) is 31.6. The summed E-state index contributed by atoms with van der Waals surface area (Å²) in [6.07, 6.45) is 2.39. The van der Waals surface area contributed by atoms with Crippen molar-refractivity contribution in [2.75, 3.05) is 19.8 Å². The number of ketones is 1. The van der Waals surface area contributed by atoms with Crippen LogP contribution in [0.4, 0.5) is 0 Å². The van der Waals surface area contributed by atoms with Crippen molar-refractivity contribution >= 4 is 28.4 Å². The summed E-state index contributed by atoms with van der Waals surface area (Å²) in [5, 5.41) is 22.8. The number of aromatic amines is 1. The molecule has 1 atom stereocenters. The second-order valence-corrected chi connectivity index (χ2v) is 9.22. The van der Waals surface area contributed by atoms with Gasteiger partial charge in [-0.1, -0.05) is 30.3 Å². The Hall–Kier alpha value is -4.72. The number of phenols is 1. The third-order valence-electron chi connectivity index (χ3n) is 6.84. The molecule has 0 aliphatic carbocycles. The lowest BCUT2D eigenvalue weighted by Gasteiger charge is -2.25. The van der Waals surface area contributed by atoms with E-state index < -0.39 is 17.7 Å². The minimum absolute atomic E-state index is 0.00853. The molecular formula is C31H30N2O6. The van der Waals surface area contributed by atoms with Gasteiger partial charge in [-0.05, 0) is 61.7 Å². The van der Waals surface area contributed by atoms with Gasteiger partial charge < -0.3 is 29.6 Å². The number of phenolic OH excluding ortho intramolecular Hbond substituents is 1. The van der Waals surface area contributed by atoms with Gasteiger partial charge in [0.05, 0.1) is 30.4 Å². The van der Waals surface area contributed by atoms with Crippen LogP contribution in [0, 0.1) is 0 Å². The number of nitrogens with zero attached hydrogens (tertiary/aromatic N) is 1. The summed E-state index contributed by atoms with van der Waals surface area (Å²) in [6.45, 7) is 4.68. The zero-order valence-corrected chi connectivity index (χ0v) is 21.8. The van der Waals surface area contributed by atoms with E-state index in [9.17, 15) is 19.8 Å². The Kier molecular flexibility index (Phi) is 7.27. The van der Waals surface area contributed by atoms with Crippen molar-refractivity contribution < 1.29 is 29.3 Å². The van der Waals surface area contributed by atoms with Crippen LogP contribution in [0.2, 0.25) is 0 Å². The average molecular weight is 527 g/mol. The third-order valence-corrected chi connectivity index (χ3v) is 6.84. The second-order valence-electron chi connectivity index (χ2n) is 9.22. The van der Waals surface area contributed by atoms with Crippen LogP contribution < -0.4 is 9.47 Å². The molecule has 1 unspecified atom stereocenters. The van der Waals surface area contributed by atoms with Crippen molar-refractivity contribution in [2.24, 2.45) is 0 Å². The van der Waals surface area contributed by atoms with Crippen LogP contribution in [0.5, 0.6) is 17.2 Å². The van der Waals surface area contributed by atoms with Gasteiger partial charge in [0.1, 0.15) is 23.0 Å². The second kappa shape index (κ2) is 10.9. The number of hydrogen-bond donors (Lipinski definition) is 3. The van der Waals surface area contributed by atoms with E-state index in [1.165, 1.54) is 17.0 Å². The summed E-state index contributed by atoms with van der Waals surface area (Å²) in [5.74, 6) is -0.972. The number of aromatic nitrogens is 1. The Labute approximate surface area is 226 Å². The van der Waals surface area contributed by atoms with Crippen molar-refractivity contribution in [3.05, 3.63) is 95.2 Å². The monoisotopic (exact) mass is 526 g/mol. The first-order valence-electron chi connectivity index (χ1n) is 12.9. The van der Waals surface area contributed by atoms with Crippen molar-refractivity contribution in [1.82, 2.24) is 9.88 Å². The number of ether oxygens (including phenoxy) is 2. The smallest absolute Gasteiger partial charge is 0.295 e. The average Bonchev–Trinajstić information content (AvgIpc) is 3.46. The Morgan fingerprint density at radius 3 is 2.54 bits per heavy atom. The molecule has 8 nitrogen and oxygen atoms in total. The van der Waals surface area contributed by atoms with Crippen molar-refractivity contribution in [3.8, 4) is 17.2 Å². The number of hydrogen-bond acceptors (Lipinski definition) is 6. The maximum atomic E-state index is 13.5. The number of benzene rings is 3. The van der Waals surface area contributed by atoms with Crippen LogP contribution in [0.15, 0.2) is 78.5 Å². The van der Waals surface area contributed by atoms with E-state index >= 15 is 0 Å². The van der Waals surface area contributed by atoms with Gasteiger partial charge in [-0.25, -0.2) is 0 Å². The lowest BCUT2D eigenvalue weighted by Crippen LogP contribution is -2.31. The van der Waals surface area contributed by atoms with Gasteiger partial charge in [-0.3, -0.25) is 9.59 Å². The predicted molar refractivity (Wildman–Crippen MR) is 148 cm³/mol. The fraction of sp³-hybridized carbons (Fsp3) is 0.226. The number of nitrogens with one attached hydrogen (secondary N) is 1. The Morgan fingerprint density at radius 2 is 1.77 bits per heavy atom. The summed E-state index contributed by atoms with van der Waals surface area (Å²) < 4.78 is 11.3. The first-order chi connectivity index (χ1) is 18.9. The van der Waals surface area contributed by atoms with Gasteiger partial charge in [-0.15, -0.1) is 0 Å². The summed E-state index contributed by atoms with van der Waals surface area (Å²) in [7, 11) is 0. The van der Waals surface area contributed by atoms with Crippen LogP contribution in [-0.2, 0) is 16.0 Å². The van der Waals surface area contributed by atoms with Crippen LogP contribution in [0.3, 0.4) is 0 Å². The highest BCUT2D eigenvalue weighted by molar-refractivity contribution is 6.46. The number of para-hydroxylation sites is 1. The van der Waals surface area contributed by atoms with E-state index in [-0.39, 0.29) is 29.2 Å². The van der Waals surface area contributed by atoms with E-state index in [0.717, 1.165) is 16.5 Å². The van der Waals surface area contributed by atoms with E-state index in [0.29, 0.717) is 36.7 Å². The minimum atomic E-state index is -0.900. The molecule has 1 aliphatic rings. The topological polar surface area (TPSA) is 112 Å². The SMILES string of the molecule is CCOc1ccc(/C(O)=C2\C(=O)C(=O)N(CCc3c[nH]c4ccccc34)C2c2cccc(O)c2)c(OCC)c1. The van der Waals surface area contributed by atoms with Crippen LogP contribution in [0.1, 0.15) is 36.6 Å². The number of amides is 1. The van der Waals surface area contributed by atoms with Gasteiger partial charge >= 0.3 is 0 Å². The number of carbonyl (C=O) groups excluding carboxylic acids is 2. The Balaban J connectivity index is 1.59. The molecule has 0 spiro atoms. The van der Waals surface area contributed by atoms with E-state index in [4.69, 9.17) is 9.47 Å². The van der Waals surface area contributed by atoms with E-state index in [1.54, 1.807) is 30.3 Å². The Morgan fingerprint density at radius 1 is 0.974 bits per heavy atom. The standard InChI is InChI=1S/C31H30N2O6/c1-3-38-22-12-13-24(26(17-22)39-4-2)29(35)27-28(19-8-7-9-21(34)16-19)33(31(37)30(27)36)15-14-20-18-32-25-11-6-5-10-23(20)25/h5-13,16-18,28,32,34-35H,3-4,14-15H2,1-2H3/b29-27+. The molecule has 8 heteroatoms. The molecule has 1 saturated heterocycles. The predicted octanol–water partition coefficient (Wildman–Crippen LogP) is 5.34. The highest BCUT2D eigenvalue weighted by atomic mass is 16.5. The fourth-order valence-electron chi connectivity index (χ4n) is 5.11. The lowest BCUT2D eigenvalue weighted by atomic mass is 9.94. The molecule has 1 aromatic heterocycles. The molecule has 1 fully saturated rings. The van der Waals surface area contributed by atoms with E-state index in [1.807, 2.05) is 44.3 Å². The number of carbonyl (C=O) groups is 2. The number of fused-ring (bicyclic) bond motifs is 1. The molecule has 200 valence electrons. The van der Waals surface area contributed by atoms with Crippen LogP contribution in [-0.4, -0.2) is 51.5 Å². The molecule has 1 amide bonds. The summed E-state index contributed by atoms with van der Waals surface area (Å²) >= 11 is 0. The van der Waals surface area contributed by atoms with Gasteiger partial charge in [0, 0.05) is 29.7 Å². The quantitative estimate of drug-likeness (QED) is 0.154. The zero-order chi connectivity index (χ0) is 27.5. The fourth-order valence-corrected chi connectivity index (χ4v) is 5.11. The number of aliphatic hydroxyl groups excluding tert-OH is 1. The van der Waals surface area contributed by atoms with Crippen molar-refractivity contribution in [1.29, 1.82) is 0 Å². The van der Waals surface area contributed by atoms with Gasteiger partial charge in [0.2, 0.25) is 0 Å². The molecule has 3 N–H and O–H groups in total. The number of Topliss-reactive ketones (excluding diaryl/α,β-unsaturated/α-hetero) is 1. The highest BCUT2D eigenvalue weighted by Crippen LogP contribution is 2.42. The normalized spacial score (nSPS) is 16.7.